The summed E-state index contributed by atoms with van der Waals surface area (Å²) in [7, 11) is 0. The molecular formula is C18H20ClNO4. The number of carbonyl (C=O) groups is 2. The highest BCUT2D eigenvalue weighted by Crippen LogP contribution is 2.26. The van der Waals surface area contributed by atoms with Gasteiger partial charge in [-0.05, 0) is 44.5 Å². The van der Waals surface area contributed by atoms with E-state index >= 15 is 0 Å². The Morgan fingerprint density at radius 3 is 2.50 bits per heavy atom. The van der Waals surface area contributed by atoms with E-state index < -0.39 is 17.9 Å². The summed E-state index contributed by atoms with van der Waals surface area (Å²) in [4.78, 5) is 24.4. The minimum Gasteiger partial charge on any atom is -0.463 e. The summed E-state index contributed by atoms with van der Waals surface area (Å²) in [5.41, 5.74) is 0.650. The highest BCUT2D eigenvalue weighted by Gasteiger charge is 2.23. The predicted molar refractivity (Wildman–Crippen MR) is 90.9 cm³/mol. The molecule has 0 radical (unpaired) electrons. The molecule has 1 amide bonds. The van der Waals surface area contributed by atoms with Crippen LogP contribution in [0.25, 0.3) is 0 Å². The molecule has 6 heteroatoms. The van der Waals surface area contributed by atoms with Gasteiger partial charge in [-0.2, -0.15) is 0 Å². The fraction of sp³-hybridized carbons (Fsp3) is 0.333. The number of rotatable bonds is 6. The smallest absolute Gasteiger partial charge is 0.308 e. The lowest BCUT2D eigenvalue weighted by Crippen LogP contribution is -2.31. The Morgan fingerprint density at radius 2 is 1.92 bits per heavy atom. The average molecular weight is 350 g/mol. The van der Waals surface area contributed by atoms with Gasteiger partial charge in [-0.25, -0.2) is 0 Å². The Hall–Kier alpha value is -2.27. The predicted octanol–water partition coefficient (Wildman–Crippen LogP) is 4.05. The second-order valence-corrected chi connectivity index (χ2v) is 6.11. The van der Waals surface area contributed by atoms with Crippen LogP contribution in [0.15, 0.2) is 40.8 Å². The zero-order valence-corrected chi connectivity index (χ0v) is 14.6. The fourth-order valence-corrected chi connectivity index (χ4v) is 2.53. The molecule has 1 N–H and O–H groups in total. The molecule has 0 fully saturated rings. The molecule has 1 heterocycles. The number of hydrogen-bond donors (Lipinski definition) is 1. The molecule has 0 spiro atoms. The van der Waals surface area contributed by atoms with E-state index in [2.05, 4.69) is 5.32 Å². The van der Waals surface area contributed by atoms with Gasteiger partial charge < -0.3 is 14.5 Å². The van der Waals surface area contributed by atoms with Gasteiger partial charge in [-0.1, -0.05) is 29.8 Å². The van der Waals surface area contributed by atoms with Gasteiger partial charge in [-0.15, -0.1) is 0 Å². The molecule has 1 atom stereocenters. The molecule has 1 aromatic heterocycles. The molecule has 0 bridgehead atoms. The van der Waals surface area contributed by atoms with Crippen molar-refractivity contribution in [3.05, 3.63) is 58.5 Å². The van der Waals surface area contributed by atoms with Crippen LogP contribution in [0.2, 0.25) is 5.02 Å². The average Bonchev–Trinajstić information content (AvgIpc) is 2.93. The Balaban J connectivity index is 2.21. The summed E-state index contributed by atoms with van der Waals surface area (Å²) >= 11 is 6.21. The molecule has 0 saturated carbocycles. The second kappa shape index (κ2) is 8.02. The number of aryl methyl sites for hydroxylation is 1. The van der Waals surface area contributed by atoms with E-state index in [4.69, 9.17) is 20.8 Å². The zero-order chi connectivity index (χ0) is 17.7. The Kier molecular flexibility index (Phi) is 6.04. The van der Waals surface area contributed by atoms with Crippen molar-refractivity contribution >= 4 is 23.5 Å². The van der Waals surface area contributed by atoms with Crippen LogP contribution in [-0.2, 0) is 9.53 Å². The lowest BCUT2D eigenvalue weighted by Gasteiger charge is -2.20. The van der Waals surface area contributed by atoms with Crippen molar-refractivity contribution in [3.8, 4) is 0 Å². The molecule has 1 aromatic carbocycles. The van der Waals surface area contributed by atoms with Crippen LogP contribution in [0.3, 0.4) is 0 Å². The highest BCUT2D eigenvalue weighted by molar-refractivity contribution is 6.31. The van der Waals surface area contributed by atoms with Crippen molar-refractivity contribution < 1.29 is 18.7 Å². The maximum absolute atomic E-state index is 12.4. The third-order valence-electron chi connectivity index (χ3n) is 3.29. The number of furan rings is 1. The number of esters is 1. The van der Waals surface area contributed by atoms with Crippen LogP contribution in [0, 0.1) is 6.92 Å². The van der Waals surface area contributed by atoms with E-state index in [1.54, 1.807) is 57.2 Å². The topological polar surface area (TPSA) is 68.5 Å². The number of benzene rings is 1. The van der Waals surface area contributed by atoms with Gasteiger partial charge in [0, 0.05) is 5.02 Å². The van der Waals surface area contributed by atoms with Crippen LogP contribution >= 0.6 is 11.6 Å². The highest BCUT2D eigenvalue weighted by atomic mass is 35.5. The summed E-state index contributed by atoms with van der Waals surface area (Å²) in [5.74, 6) is -0.00773. The van der Waals surface area contributed by atoms with Crippen molar-refractivity contribution in [2.75, 3.05) is 0 Å². The monoisotopic (exact) mass is 349 g/mol. The minimum absolute atomic E-state index is 0.0205. The maximum atomic E-state index is 12.4. The summed E-state index contributed by atoms with van der Waals surface area (Å²) in [6.45, 7) is 5.29. The van der Waals surface area contributed by atoms with Gasteiger partial charge in [0.15, 0.2) is 5.76 Å². The van der Waals surface area contributed by atoms with Crippen molar-refractivity contribution in [3.63, 3.8) is 0 Å². The van der Waals surface area contributed by atoms with E-state index in [-0.39, 0.29) is 18.3 Å². The van der Waals surface area contributed by atoms with E-state index in [1.807, 2.05) is 0 Å². The van der Waals surface area contributed by atoms with Crippen LogP contribution in [-0.4, -0.2) is 18.0 Å². The first-order valence-electron chi connectivity index (χ1n) is 7.68. The van der Waals surface area contributed by atoms with E-state index in [1.165, 1.54) is 0 Å². The fourth-order valence-electron chi connectivity index (χ4n) is 2.26. The van der Waals surface area contributed by atoms with Crippen molar-refractivity contribution in [1.29, 1.82) is 0 Å². The largest absolute Gasteiger partial charge is 0.463 e. The summed E-state index contributed by atoms with van der Waals surface area (Å²) in [6, 6.07) is 9.73. The van der Waals surface area contributed by atoms with E-state index in [0.717, 1.165) is 0 Å². The molecule has 0 aliphatic rings. The molecule has 2 aromatic rings. The minimum atomic E-state index is -0.608. The van der Waals surface area contributed by atoms with Gasteiger partial charge in [0.2, 0.25) is 0 Å². The third-order valence-corrected chi connectivity index (χ3v) is 3.63. The molecule has 2 rings (SSSR count). The summed E-state index contributed by atoms with van der Waals surface area (Å²) in [6.07, 6.45) is -0.249. The molecule has 0 aliphatic carbocycles. The first kappa shape index (κ1) is 18.1. The lowest BCUT2D eigenvalue weighted by atomic mass is 10.0. The molecule has 24 heavy (non-hydrogen) atoms. The number of nitrogens with one attached hydrogen (secondary N) is 1. The Morgan fingerprint density at radius 1 is 1.21 bits per heavy atom. The van der Waals surface area contributed by atoms with Gasteiger partial charge in [0.05, 0.1) is 18.6 Å². The summed E-state index contributed by atoms with van der Waals surface area (Å²) < 4.78 is 10.5. The molecular weight excluding hydrogens is 330 g/mol. The first-order valence-corrected chi connectivity index (χ1v) is 8.06. The van der Waals surface area contributed by atoms with Crippen molar-refractivity contribution in [1.82, 2.24) is 5.32 Å². The second-order valence-electron chi connectivity index (χ2n) is 5.70. The Labute approximate surface area is 145 Å². The molecule has 1 unspecified atom stereocenters. The summed E-state index contributed by atoms with van der Waals surface area (Å²) in [5, 5.41) is 3.26. The normalized spacial score (nSPS) is 12.0. The third kappa shape index (κ3) is 4.86. The first-order chi connectivity index (χ1) is 11.4. The number of hydrogen-bond acceptors (Lipinski definition) is 4. The van der Waals surface area contributed by atoms with Gasteiger partial charge in [0.1, 0.15) is 5.76 Å². The standard InChI is InChI=1S/C18H20ClNO4/c1-11(2)23-17(21)10-15(13-6-4-5-7-14(13)19)20-18(22)16-9-8-12(3)24-16/h4-9,11,15H,10H2,1-3H3,(H,20,22). The number of amides is 1. The van der Waals surface area contributed by atoms with Crippen LogP contribution < -0.4 is 5.32 Å². The molecule has 5 nitrogen and oxygen atoms in total. The zero-order valence-electron chi connectivity index (χ0n) is 13.8. The Bertz CT molecular complexity index is 723. The maximum Gasteiger partial charge on any atom is 0.308 e. The van der Waals surface area contributed by atoms with Crippen molar-refractivity contribution in [2.24, 2.45) is 0 Å². The SMILES string of the molecule is Cc1ccc(C(=O)NC(CC(=O)OC(C)C)c2ccccc2Cl)o1. The number of carbonyl (C=O) groups excluding carboxylic acids is 2. The van der Waals surface area contributed by atoms with Crippen LogP contribution in [0.4, 0.5) is 0 Å². The van der Waals surface area contributed by atoms with Gasteiger partial charge >= 0.3 is 5.97 Å². The van der Waals surface area contributed by atoms with Gasteiger partial charge in [-0.3, -0.25) is 9.59 Å². The van der Waals surface area contributed by atoms with Gasteiger partial charge in [0.25, 0.3) is 5.91 Å². The lowest BCUT2D eigenvalue weighted by molar-refractivity contribution is -0.147. The number of ether oxygens (including phenoxy) is 1. The van der Waals surface area contributed by atoms with E-state index in [9.17, 15) is 9.59 Å². The molecule has 0 saturated heterocycles. The molecule has 0 aliphatic heterocycles. The van der Waals surface area contributed by atoms with Crippen LogP contribution in [0.1, 0.15) is 48.2 Å². The quantitative estimate of drug-likeness (QED) is 0.799. The molecule has 128 valence electrons. The van der Waals surface area contributed by atoms with Crippen molar-refractivity contribution in [2.45, 2.75) is 39.3 Å². The number of halogens is 1. The van der Waals surface area contributed by atoms with Crippen LogP contribution in [0.5, 0.6) is 0 Å². The van der Waals surface area contributed by atoms with E-state index in [0.29, 0.717) is 16.3 Å².